The van der Waals surface area contributed by atoms with Crippen LogP contribution in [0.4, 0.5) is 8.78 Å². The van der Waals surface area contributed by atoms with Crippen LogP contribution >= 0.6 is 27.3 Å². The number of hydrogen-bond donors (Lipinski definition) is 2. The summed E-state index contributed by atoms with van der Waals surface area (Å²) in [6.07, 6.45) is -0.887. The van der Waals surface area contributed by atoms with Crippen molar-refractivity contribution in [2.45, 2.75) is 12.0 Å². The van der Waals surface area contributed by atoms with Gasteiger partial charge in [-0.3, -0.25) is 0 Å². The molecule has 0 radical (unpaired) electrons. The van der Waals surface area contributed by atoms with Crippen molar-refractivity contribution in [1.82, 2.24) is 0 Å². The van der Waals surface area contributed by atoms with Crippen LogP contribution in [-0.4, -0.2) is 11.7 Å². The van der Waals surface area contributed by atoms with Crippen molar-refractivity contribution < 1.29 is 13.9 Å². The van der Waals surface area contributed by atoms with Crippen LogP contribution < -0.4 is 5.73 Å². The van der Waals surface area contributed by atoms with E-state index in [0.717, 1.165) is 9.85 Å². The first-order chi connectivity index (χ1) is 9.01. The van der Waals surface area contributed by atoms with E-state index in [1.165, 1.54) is 23.5 Å². The third-order valence-corrected chi connectivity index (χ3v) is 4.53. The van der Waals surface area contributed by atoms with Crippen molar-refractivity contribution in [3.8, 4) is 0 Å². The molecule has 102 valence electrons. The summed E-state index contributed by atoms with van der Waals surface area (Å²) in [5.41, 5.74) is 6.00. The average molecular weight is 348 g/mol. The molecule has 2 nitrogen and oxygen atoms in total. The molecule has 2 atom stereocenters. The largest absolute Gasteiger partial charge is 0.387 e. The molecule has 3 N–H and O–H groups in total. The summed E-state index contributed by atoms with van der Waals surface area (Å²) in [7, 11) is 0. The molecule has 0 aliphatic rings. The zero-order chi connectivity index (χ0) is 14.0. The second kappa shape index (κ2) is 6.09. The number of nitrogens with two attached hydrogens (primary N) is 1. The molecule has 0 saturated carbocycles. The fourth-order valence-corrected chi connectivity index (χ4v) is 3.40. The fourth-order valence-electron chi connectivity index (χ4n) is 1.92. The van der Waals surface area contributed by atoms with Crippen LogP contribution in [0.1, 0.15) is 22.5 Å². The van der Waals surface area contributed by atoms with Crippen molar-refractivity contribution in [3.05, 3.63) is 56.2 Å². The Hall–Kier alpha value is -0.820. The number of benzene rings is 1. The SMILES string of the molecule is NCC(c1cc(F)cc(F)c1)C(O)c1ccc(Br)s1. The van der Waals surface area contributed by atoms with Crippen LogP contribution in [0.15, 0.2) is 34.1 Å². The summed E-state index contributed by atoms with van der Waals surface area (Å²) >= 11 is 4.67. The molecule has 0 amide bonds. The first-order valence-corrected chi connectivity index (χ1v) is 7.21. The van der Waals surface area contributed by atoms with E-state index in [1.54, 1.807) is 6.07 Å². The van der Waals surface area contributed by atoms with Gasteiger partial charge in [0.2, 0.25) is 0 Å². The van der Waals surface area contributed by atoms with E-state index in [2.05, 4.69) is 15.9 Å². The lowest BCUT2D eigenvalue weighted by molar-refractivity contribution is 0.151. The lowest BCUT2D eigenvalue weighted by atomic mass is 9.92. The molecule has 0 aliphatic carbocycles. The van der Waals surface area contributed by atoms with Gasteiger partial charge in [-0.15, -0.1) is 11.3 Å². The highest BCUT2D eigenvalue weighted by molar-refractivity contribution is 9.11. The summed E-state index contributed by atoms with van der Waals surface area (Å²) in [6.45, 7) is 0.0968. The quantitative estimate of drug-likeness (QED) is 0.888. The molecule has 0 bridgehead atoms. The predicted molar refractivity (Wildman–Crippen MR) is 75.1 cm³/mol. The van der Waals surface area contributed by atoms with E-state index in [4.69, 9.17) is 5.73 Å². The van der Waals surface area contributed by atoms with Gasteiger partial charge in [0.15, 0.2) is 0 Å². The first kappa shape index (κ1) is 14.6. The van der Waals surface area contributed by atoms with Crippen molar-refractivity contribution in [3.63, 3.8) is 0 Å². The van der Waals surface area contributed by atoms with Gasteiger partial charge in [-0.1, -0.05) is 0 Å². The Kier molecular flexibility index (Phi) is 4.67. The minimum absolute atomic E-state index is 0.0968. The monoisotopic (exact) mass is 347 g/mol. The van der Waals surface area contributed by atoms with E-state index < -0.39 is 23.7 Å². The van der Waals surface area contributed by atoms with Crippen molar-refractivity contribution in [2.24, 2.45) is 5.73 Å². The van der Waals surface area contributed by atoms with E-state index in [-0.39, 0.29) is 6.54 Å². The molecule has 1 aromatic heterocycles. The van der Waals surface area contributed by atoms with Gasteiger partial charge in [-0.2, -0.15) is 0 Å². The number of rotatable bonds is 4. The van der Waals surface area contributed by atoms with Crippen molar-refractivity contribution in [2.75, 3.05) is 6.54 Å². The standard InChI is InChI=1S/C13H12BrF2NOS/c14-12-2-1-11(19-12)13(18)10(6-17)7-3-8(15)5-9(16)4-7/h1-5,10,13,18H,6,17H2. The molecule has 0 saturated heterocycles. The molecule has 1 heterocycles. The lowest BCUT2D eigenvalue weighted by Gasteiger charge is -2.21. The van der Waals surface area contributed by atoms with Crippen LogP contribution in [-0.2, 0) is 0 Å². The minimum atomic E-state index is -0.887. The molecular weight excluding hydrogens is 336 g/mol. The summed E-state index contributed by atoms with van der Waals surface area (Å²) in [5, 5.41) is 10.3. The Morgan fingerprint density at radius 2 is 1.84 bits per heavy atom. The second-order valence-electron chi connectivity index (χ2n) is 4.13. The molecule has 1 aromatic carbocycles. The van der Waals surface area contributed by atoms with Gasteiger partial charge < -0.3 is 10.8 Å². The first-order valence-electron chi connectivity index (χ1n) is 5.60. The second-order valence-corrected chi connectivity index (χ2v) is 6.63. The summed E-state index contributed by atoms with van der Waals surface area (Å²) in [4.78, 5) is 0.701. The average Bonchev–Trinajstić information content (AvgIpc) is 2.75. The zero-order valence-electron chi connectivity index (χ0n) is 9.82. The predicted octanol–water partition coefficient (Wildman–Crippen LogP) is 3.56. The highest BCUT2D eigenvalue weighted by atomic mass is 79.9. The molecule has 6 heteroatoms. The Morgan fingerprint density at radius 3 is 2.32 bits per heavy atom. The van der Waals surface area contributed by atoms with Gasteiger partial charge in [0.25, 0.3) is 0 Å². The molecule has 2 unspecified atom stereocenters. The third kappa shape index (κ3) is 3.39. The maximum absolute atomic E-state index is 13.2. The van der Waals surface area contributed by atoms with Crippen LogP contribution in [0.5, 0.6) is 0 Å². The van der Waals surface area contributed by atoms with Crippen LogP contribution in [0.2, 0.25) is 0 Å². The smallest absolute Gasteiger partial charge is 0.126 e. The lowest BCUT2D eigenvalue weighted by Crippen LogP contribution is -2.20. The van der Waals surface area contributed by atoms with Crippen LogP contribution in [0.3, 0.4) is 0 Å². The van der Waals surface area contributed by atoms with Gasteiger partial charge in [0, 0.05) is 23.4 Å². The number of thiophene rings is 1. The van der Waals surface area contributed by atoms with Crippen molar-refractivity contribution in [1.29, 1.82) is 0 Å². The van der Waals surface area contributed by atoms with Crippen molar-refractivity contribution >= 4 is 27.3 Å². The molecule has 0 spiro atoms. The Labute approximate surface area is 122 Å². The molecule has 0 aliphatic heterocycles. The van der Waals surface area contributed by atoms with Gasteiger partial charge in [-0.25, -0.2) is 8.78 Å². The number of aliphatic hydroxyl groups excluding tert-OH is 1. The van der Waals surface area contributed by atoms with E-state index in [0.29, 0.717) is 10.4 Å². The van der Waals surface area contributed by atoms with Gasteiger partial charge >= 0.3 is 0 Å². The molecule has 2 rings (SSSR count). The third-order valence-electron chi connectivity index (χ3n) is 2.83. The van der Waals surface area contributed by atoms with Crippen LogP contribution in [0, 0.1) is 11.6 Å². The summed E-state index contributed by atoms with van der Waals surface area (Å²) in [6, 6.07) is 6.77. The summed E-state index contributed by atoms with van der Waals surface area (Å²) < 4.78 is 27.3. The fraction of sp³-hybridized carbons (Fsp3) is 0.231. The normalized spacial score (nSPS) is 14.4. The topological polar surface area (TPSA) is 46.2 Å². The highest BCUT2D eigenvalue weighted by Gasteiger charge is 2.24. The Bertz CT molecular complexity index is 555. The van der Waals surface area contributed by atoms with Gasteiger partial charge in [-0.05, 0) is 45.8 Å². The van der Waals surface area contributed by atoms with Gasteiger partial charge in [0.05, 0.1) is 9.89 Å². The minimum Gasteiger partial charge on any atom is -0.387 e. The van der Waals surface area contributed by atoms with Crippen LogP contribution in [0.25, 0.3) is 0 Å². The van der Waals surface area contributed by atoms with E-state index in [9.17, 15) is 13.9 Å². The number of aliphatic hydroxyl groups is 1. The molecule has 19 heavy (non-hydrogen) atoms. The number of halogens is 3. The Morgan fingerprint density at radius 1 is 1.21 bits per heavy atom. The highest BCUT2D eigenvalue weighted by Crippen LogP contribution is 2.36. The van der Waals surface area contributed by atoms with E-state index >= 15 is 0 Å². The Balaban J connectivity index is 2.33. The van der Waals surface area contributed by atoms with Gasteiger partial charge in [0.1, 0.15) is 11.6 Å². The maximum Gasteiger partial charge on any atom is 0.126 e. The summed E-state index contributed by atoms with van der Waals surface area (Å²) in [5.74, 6) is -1.89. The van der Waals surface area contributed by atoms with E-state index in [1.807, 2.05) is 6.07 Å². The number of hydrogen-bond acceptors (Lipinski definition) is 3. The zero-order valence-corrected chi connectivity index (χ0v) is 12.2. The molecule has 0 fully saturated rings. The maximum atomic E-state index is 13.2. The molecular formula is C13H12BrF2NOS. The molecule has 2 aromatic rings.